The predicted molar refractivity (Wildman–Crippen MR) is 58.1 cm³/mol. The first kappa shape index (κ1) is 10.6. The van der Waals surface area contributed by atoms with E-state index in [1.54, 1.807) is 17.9 Å². The first-order valence-corrected chi connectivity index (χ1v) is 4.79. The standard InChI is InChI=1S/C11H12FN3O/c1-15-6-7(5-14-15)11(16)9-4-8(12)2-3-10(9)13/h2-6,11,16H,13H2,1H3. The van der Waals surface area contributed by atoms with Crippen molar-refractivity contribution in [1.29, 1.82) is 0 Å². The number of aryl methyl sites for hydroxylation is 1. The van der Waals surface area contributed by atoms with Crippen molar-refractivity contribution in [3.63, 3.8) is 0 Å². The lowest BCUT2D eigenvalue weighted by Gasteiger charge is -2.11. The number of hydrogen-bond acceptors (Lipinski definition) is 3. The summed E-state index contributed by atoms with van der Waals surface area (Å²) in [6, 6.07) is 3.92. The van der Waals surface area contributed by atoms with Crippen LogP contribution in [-0.2, 0) is 7.05 Å². The molecule has 0 aliphatic heterocycles. The van der Waals surface area contributed by atoms with Crippen LogP contribution in [0, 0.1) is 5.82 Å². The molecule has 1 aromatic carbocycles. The summed E-state index contributed by atoms with van der Waals surface area (Å²) in [6.45, 7) is 0. The Morgan fingerprint density at radius 2 is 2.25 bits per heavy atom. The summed E-state index contributed by atoms with van der Waals surface area (Å²) in [5, 5.41) is 13.9. The van der Waals surface area contributed by atoms with Gasteiger partial charge in [-0.3, -0.25) is 4.68 Å². The minimum absolute atomic E-state index is 0.355. The van der Waals surface area contributed by atoms with Crippen LogP contribution in [-0.4, -0.2) is 14.9 Å². The van der Waals surface area contributed by atoms with Crippen LogP contribution in [0.3, 0.4) is 0 Å². The molecule has 1 heterocycles. The Balaban J connectivity index is 2.40. The number of anilines is 1. The van der Waals surface area contributed by atoms with Gasteiger partial charge in [-0.25, -0.2) is 4.39 Å². The van der Waals surface area contributed by atoms with Crippen molar-refractivity contribution in [1.82, 2.24) is 9.78 Å². The van der Waals surface area contributed by atoms with Crippen LogP contribution in [0.25, 0.3) is 0 Å². The van der Waals surface area contributed by atoms with Gasteiger partial charge in [0.1, 0.15) is 11.9 Å². The van der Waals surface area contributed by atoms with Gasteiger partial charge in [0.05, 0.1) is 6.20 Å². The second-order valence-electron chi connectivity index (χ2n) is 3.62. The van der Waals surface area contributed by atoms with E-state index in [4.69, 9.17) is 5.73 Å². The first-order valence-electron chi connectivity index (χ1n) is 4.79. The summed E-state index contributed by atoms with van der Waals surface area (Å²) in [4.78, 5) is 0. The highest BCUT2D eigenvalue weighted by atomic mass is 19.1. The lowest BCUT2D eigenvalue weighted by Crippen LogP contribution is -2.03. The summed E-state index contributed by atoms with van der Waals surface area (Å²) in [6.07, 6.45) is 2.23. The van der Waals surface area contributed by atoms with Gasteiger partial charge in [0.2, 0.25) is 0 Å². The van der Waals surface area contributed by atoms with E-state index in [-0.39, 0.29) is 0 Å². The van der Waals surface area contributed by atoms with Crippen molar-refractivity contribution < 1.29 is 9.50 Å². The SMILES string of the molecule is Cn1cc(C(O)c2cc(F)ccc2N)cn1. The molecule has 0 spiro atoms. The molecule has 0 saturated heterocycles. The highest BCUT2D eigenvalue weighted by molar-refractivity contribution is 5.50. The molecule has 0 radical (unpaired) electrons. The molecule has 0 amide bonds. The van der Waals surface area contributed by atoms with Crippen molar-refractivity contribution in [2.24, 2.45) is 7.05 Å². The third-order valence-electron chi connectivity index (χ3n) is 2.38. The molecular formula is C11H12FN3O. The van der Waals surface area contributed by atoms with Gasteiger partial charge in [0.15, 0.2) is 0 Å². The molecule has 2 rings (SSSR count). The average Bonchev–Trinajstić information content (AvgIpc) is 2.67. The van der Waals surface area contributed by atoms with E-state index in [9.17, 15) is 9.50 Å². The Morgan fingerprint density at radius 1 is 1.50 bits per heavy atom. The van der Waals surface area contributed by atoms with Gasteiger partial charge in [-0.15, -0.1) is 0 Å². The molecule has 4 nitrogen and oxygen atoms in total. The lowest BCUT2D eigenvalue weighted by molar-refractivity contribution is 0.220. The van der Waals surface area contributed by atoms with Gasteiger partial charge in [0.25, 0.3) is 0 Å². The maximum absolute atomic E-state index is 13.0. The quantitative estimate of drug-likeness (QED) is 0.749. The molecule has 0 saturated carbocycles. The molecule has 1 aromatic heterocycles. The zero-order chi connectivity index (χ0) is 11.7. The molecule has 84 valence electrons. The Morgan fingerprint density at radius 3 is 2.88 bits per heavy atom. The second-order valence-corrected chi connectivity index (χ2v) is 3.62. The van der Waals surface area contributed by atoms with Crippen molar-refractivity contribution in [3.8, 4) is 0 Å². The van der Waals surface area contributed by atoms with Crippen molar-refractivity contribution >= 4 is 5.69 Å². The lowest BCUT2D eigenvalue weighted by atomic mass is 10.0. The van der Waals surface area contributed by atoms with Crippen LogP contribution in [0.2, 0.25) is 0 Å². The predicted octanol–water partition coefficient (Wildman–Crippen LogP) is 1.22. The van der Waals surface area contributed by atoms with Crippen LogP contribution in [0.1, 0.15) is 17.2 Å². The zero-order valence-corrected chi connectivity index (χ0v) is 8.76. The van der Waals surface area contributed by atoms with Gasteiger partial charge in [-0.2, -0.15) is 5.10 Å². The Bertz CT molecular complexity index is 510. The second kappa shape index (κ2) is 3.94. The summed E-state index contributed by atoms with van der Waals surface area (Å²) in [5.74, 6) is -0.424. The van der Waals surface area contributed by atoms with E-state index in [1.807, 2.05) is 0 Å². The van der Waals surface area contributed by atoms with E-state index in [2.05, 4.69) is 5.10 Å². The Hall–Kier alpha value is -1.88. The number of rotatable bonds is 2. The minimum Gasteiger partial charge on any atom is -0.398 e. The fourth-order valence-corrected chi connectivity index (χ4v) is 1.54. The average molecular weight is 221 g/mol. The van der Waals surface area contributed by atoms with Crippen LogP contribution in [0.4, 0.5) is 10.1 Å². The first-order chi connectivity index (χ1) is 7.58. The smallest absolute Gasteiger partial charge is 0.123 e. The third-order valence-corrected chi connectivity index (χ3v) is 2.38. The monoisotopic (exact) mass is 221 g/mol. The number of nitrogens with zero attached hydrogens (tertiary/aromatic N) is 2. The Kier molecular flexibility index (Phi) is 2.62. The van der Waals surface area contributed by atoms with Gasteiger partial charge < -0.3 is 10.8 Å². The number of halogens is 1. The number of aliphatic hydroxyl groups excluding tert-OH is 1. The van der Waals surface area contributed by atoms with E-state index >= 15 is 0 Å². The third kappa shape index (κ3) is 1.90. The normalized spacial score (nSPS) is 12.7. The summed E-state index contributed by atoms with van der Waals surface area (Å²) in [7, 11) is 1.74. The molecule has 1 unspecified atom stereocenters. The highest BCUT2D eigenvalue weighted by Crippen LogP contribution is 2.26. The molecule has 2 aromatic rings. The van der Waals surface area contributed by atoms with Crippen LogP contribution in [0.15, 0.2) is 30.6 Å². The van der Waals surface area contributed by atoms with Gasteiger partial charge in [-0.05, 0) is 18.2 Å². The van der Waals surface area contributed by atoms with Crippen LogP contribution >= 0.6 is 0 Å². The molecule has 1 atom stereocenters. The largest absolute Gasteiger partial charge is 0.398 e. The van der Waals surface area contributed by atoms with Gasteiger partial charge >= 0.3 is 0 Å². The zero-order valence-electron chi connectivity index (χ0n) is 8.76. The number of nitrogen functional groups attached to an aromatic ring is 1. The fourth-order valence-electron chi connectivity index (χ4n) is 1.54. The van der Waals surface area contributed by atoms with Crippen molar-refractivity contribution in [2.75, 3.05) is 5.73 Å². The molecular weight excluding hydrogens is 209 g/mol. The van der Waals surface area contributed by atoms with Gasteiger partial charge in [-0.1, -0.05) is 0 Å². The van der Waals surface area contributed by atoms with E-state index in [0.717, 1.165) is 0 Å². The molecule has 3 N–H and O–H groups in total. The molecule has 0 aliphatic rings. The maximum atomic E-state index is 13.0. The molecule has 0 bridgehead atoms. The van der Waals surface area contributed by atoms with Crippen LogP contribution in [0.5, 0.6) is 0 Å². The van der Waals surface area contributed by atoms with Gasteiger partial charge in [0, 0.05) is 30.1 Å². The van der Waals surface area contributed by atoms with Crippen molar-refractivity contribution in [2.45, 2.75) is 6.10 Å². The minimum atomic E-state index is -0.954. The number of aromatic nitrogens is 2. The van der Waals surface area contributed by atoms with E-state index in [0.29, 0.717) is 16.8 Å². The van der Waals surface area contributed by atoms with E-state index in [1.165, 1.54) is 24.4 Å². The molecule has 0 fully saturated rings. The van der Waals surface area contributed by atoms with Crippen LogP contribution < -0.4 is 5.73 Å². The number of aliphatic hydroxyl groups is 1. The molecule has 0 aliphatic carbocycles. The number of nitrogens with two attached hydrogens (primary N) is 1. The number of hydrogen-bond donors (Lipinski definition) is 2. The summed E-state index contributed by atoms with van der Waals surface area (Å²) >= 11 is 0. The van der Waals surface area contributed by atoms with E-state index < -0.39 is 11.9 Å². The molecule has 16 heavy (non-hydrogen) atoms. The molecule has 5 heteroatoms. The summed E-state index contributed by atoms with van der Waals surface area (Å²) in [5.41, 5.74) is 6.98. The topological polar surface area (TPSA) is 64.1 Å². The fraction of sp³-hybridized carbons (Fsp3) is 0.182. The Labute approximate surface area is 92.1 Å². The number of benzene rings is 1. The highest BCUT2D eigenvalue weighted by Gasteiger charge is 2.15. The summed E-state index contributed by atoms with van der Waals surface area (Å²) < 4.78 is 14.6. The maximum Gasteiger partial charge on any atom is 0.123 e. The van der Waals surface area contributed by atoms with Crippen molar-refractivity contribution in [3.05, 3.63) is 47.5 Å².